The normalized spacial score (nSPS) is 21.0. The lowest BCUT2D eigenvalue weighted by Crippen LogP contribution is -2.28. The molecular weight excluding hydrogens is 258 g/mol. The highest BCUT2D eigenvalue weighted by molar-refractivity contribution is 7.90. The first-order valence-corrected chi connectivity index (χ1v) is 8.97. The zero-order chi connectivity index (χ0) is 13.7. The number of hydrogen-bond acceptors (Lipinski definition) is 3. The smallest absolute Gasteiger partial charge is 0.175 e. The molecule has 1 unspecified atom stereocenters. The topological polar surface area (TPSA) is 46.2 Å². The maximum absolute atomic E-state index is 11.4. The molecule has 0 aliphatic carbocycles. The Morgan fingerprint density at radius 2 is 1.89 bits per heavy atom. The van der Waals surface area contributed by atoms with Gasteiger partial charge in [0.2, 0.25) is 0 Å². The van der Waals surface area contributed by atoms with Crippen LogP contribution in [0.4, 0.5) is 0 Å². The molecule has 0 aromatic heterocycles. The zero-order valence-electron chi connectivity index (χ0n) is 11.6. The van der Waals surface area contributed by atoms with Crippen LogP contribution < -0.4 is 5.32 Å². The summed E-state index contributed by atoms with van der Waals surface area (Å²) in [6.07, 6.45) is 8.62. The highest BCUT2D eigenvalue weighted by Gasteiger charge is 2.11. The van der Waals surface area contributed by atoms with Crippen molar-refractivity contribution in [3.63, 3.8) is 0 Å². The Labute approximate surface area is 116 Å². The molecule has 4 heteroatoms. The predicted octanol–water partition coefficient (Wildman–Crippen LogP) is 2.55. The molecule has 19 heavy (non-hydrogen) atoms. The van der Waals surface area contributed by atoms with Gasteiger partial charge in [-0.3, -0.25) is 0 Å². The van der Waals surface area contributed by atoms with Crippen molar-refractivity contribution >= 4 is 9.84 Å². The molecule has 0 spiro atoms. The second-order valence-corrected chi connectivity index (χ2v) is 7.47. The Morgan fingerprint density at radius 1 is 1.16 bits per heavy atom. The number of benzene rings is 1. The van der Waals surface area contributed by atoms with E-state index >= 15 is 0 Å². The minimum atomic E-state index is -3.07. The van der Waals surface area contributed by atoms with E-state index in [0.29, 0.717) is 10.9 Å². The summed E-state index contributed by atoms with van der Waals surface area (Å²) in [7, 11) is -3.07. The molecule has 0 saturated carbocycles. The summed E-state index contributed by atoms with van der Waals surface area (Å²) in [5, 5.41) is 3.59. The van der Waals surface area contributed by atoms with E-state index in [-0.39, 0.29) is 0 Å². The largest absolute Gasteiger partial charge is 0.314 e. The van der Waals surface area contributed by atoms with Crippen LogP contribution in [0, 0.1) is 0 Å². The zero-order valence-corrected chi connectivity index (χ0v) is 12.4. The van der Waals surface area contributed by atoms with E-state index < -0.39 is 9.84 Å². The summed E-state index contributed by atoms with van der Waals surface area (Å²) in [6, 6.07) is 7.92. The van der Waals surface area contributed by atoms with Crippen molar-refractivity contribution in [1.82, 2.24) is 5.32 Å². The summed E-state index contributed by atoms with van der Waals surface area (Å²) < 4.78 is 22.8. The Morgan fingerprint density at radius 3 is 2.58 bits per heavy atom. The van der Waals surface area contributed by atoms with Gasteiger partial charge in [-0.15, -0.1) is 0 Å². The van der Waals surface area contributed by atoms with Gasteiger partial charge < -0.3 is 5.32 Å². The van der Waals surface area contributed by atoms with Crippen LogP contribution in [-0.2, 0) is 16.3 Å². The fourth-order valence-electron chi connectivity index (χ4n) is 2.59. The van der Waals surface area contributed by atoms with Crippen LogP contribution in [0.15, 0.2) is 29.2 Å². The highest BCUT2D eigenvalue weighted by Crippen LogP contribution is 2.15. The van der Waals surface area contributed by atoms with Gasteiger partial charge in [0, 0.05) is 12.3 Å². The fraction of sp³-hybridized carbons (Fsp3) is 0.600. The lowest BCUT2D eigenvalue weighted by Gasteiger charge is -2.15. The Kier molecular flexibility index (Phi) is 4.99. The SMILES string of the molecule is CS(=O)(=O)c1ccc(CCC2CCCCCN2)cc1. The number of hydrogen-bond donors (Lipinski definition) is 1. The third-order valence-electron chi connectivity index (χ3n) is 3.80. The molecule has 1 N–H and O–H groups in total. The van der Waals surface area contributed by atoms with Crippen molar-refractivity contribution in [3.8, 4) is 0 Å². The molecule has 1 aliphatic heterocycles. The Balaban J connectivity index is 1.89. The average Bonchev–Trinajstić information content (AvgIpc) is 2.64. The van der Waals surface area contributed by atoms with Gasteiger partial charge in [-0.25, -0.2) is 8.42 Å². The number of sulfone groups is 1. The third kappa shape index (κ3) is 4.62. The third-order valence-corrected chi connectivity index (χ3v) is 4.92. The van der Waals surface area contributed by atoms with Crippen molar-refractivity contribution in [3.05, 3.63) is 29.8 Å². The van der Waals surface area contributed by atoms with Crippen molar-refractivity contribution in [2.24, 2.45) is 0 Å². The molecule has 0 bridgehead atoms. The summed E-state index contributed by atoms with van der Waals surface area (Å²) in [6.45, 7) is 1.14. The van der Waals surface area contributed by atoms with Gasteiger partial charge in [0.1, 0.15) is 0 Å². The van der Waals surface area contributed by atoms with Gasteiger partial charge in [-0.2, -0.15) is 0 Å². The van der Waals surface area contributed by atoms with E-state index in [1.807, 2.05) is 12.1 Å². The second kappa shape index (κ2) is 6.53. The molecule has 1 aromatic carbocycles. The van der Waals surface area contributed by atoms with Crippen LogP contribution >= 0.6 is 0 Å². The molecule has 2 rings (SSSR count). The van der Waals surface area contributed by atoms with Crippen LogP contribution in [0.5, 0.6) is 0 Å². The molecule has 106 valence electrons. The lowest BCUT2D eigenvalue weighted by molar-refractivity contribution is 0.478. The lowest BCUT2D eigenvalue weighted by atomic mass is 10.0. The molecule has 1 fully saturated rings. The van der Waals surface area contributed by atoms with Gasteiger partial charge >= 0.3 is 0 Å². The van der Waals surface area contributed by atoms with E-state index in [1.165, 1.54) is 37.5 Å². The Hall–Kier alpha value is -0.870. The first kappa shape index (κ1) is 14.5. The molecular formula is C15H23NO2S. The minimum absolute atomic E-state index is 0.406. The van der Waals surface area contributed by atoms with Crippen molar-refractivity contribution < 1.29 is 8.42 Å². The quantitative estimate of drug-likeness (QED) is 0.922. The van der Waals surface area contributed by atoms with Crippen LogP contribution in [0.1, 0.15) is 37.7 Å². The summed E-state index contributed by atoms with van der Waals surface area (Å²) in [5.74, 6) is 0. The monoisotopic (exact) mass is 281 g/mol. The van der Waals surface area contributed by atoms with Crippen molar-refractivity contribution in [2.45, 2.75) is 49.5 Å². The highest BCUT2D eigenvalue weighted by atomic mass is 32.2. The van der Waals surface area contributed by atoms with Crippen molar-refractivity contribution in [2.75, 3.05) is 12.8 Å². The molecule has 0 amide bonds. The average molecular weight is 281 g/mol. The van der Waals surface area contributed by atoms with Gasteiger partial charge in [-0.1, -0.05) is 25.0 Å². The molecule has 1 aliphatic rings. The van der Waals surface area contributed by atoms with E-state index in [9.17, 15) is 8.42 Å². The molecule has 1 heterocycles. The van der Waals surface area contributed by atoms with Crippen molar-refractivity contribution in [1.29, 1.82) is 0 Å². The Bertz CT molecular complexity index is 485. The molecule has 0 radical (unpaired) electrons. The molecule has 3 nitrogen and oxygen atoms in total. The number of aryl methyl sites for hydroxylation is 1. The predicted molar refractivity (Wildman–Crippen MR) is 78.1 cm³/mol. The summed E-state index contributed by atoms with van der Waals surface area (Å²) in [5.41, 5.74) is 1.22. The van der Waals surface area contributed by atoms with E-state index in [2.05, 4.69) is 5.32 Å². The fourth-order valence-corrected chi connectivity index (χ4v) is 3.22. The van der Waals surface area contributed by atoms with Gasteiger partial charge in [0.15, 0.2) is 9.84 Å². The second-order valence-electron chi connectivity index (χ2n) is 5.46. The van der Waals surface area contributed by atoms with Crippen LogP contribution in [0.25, 0.3) is 0 Å². The van der Waals surface area contributed by atoms with Crippen LogP contribution in [-0.4, -0.2) is 27.3 Å². The molecule has 1 atom stereocenters. The van der Waals surface area contributed by atoms with Crippen LogP contribution in [0.2, 0.25) is 0 Å². The van der Waals surface area contributed by atoms with Gasteiger partial charge in [0.05, 0.1) is 4.90 Å². The maximum atomic E-state index is 11.4. The van der Waals surface area contributed by atoms with E-state index in [1.54, 1.807) is 12.1 Å². The van der Waals surface area contributed by atoms with E-state index in [4.69, 9.17) is 0 Å². The summed E-state index contributed by atoms with van der Waals surface area (Å²) in [4.78, 5) is 0.406. The summed E-state index contributed by atoms with van der Waals surface area (Å²) >= 11 is 0. The first-order valence-electron chi connectivity index (χ1n) is 7.08. The van der Waals surface area contributed by atoms with Gasteiger partial charge in [0.25, 0.3) is 0 Å². The first-order chi connectivity index (χ1) is 9.05. The maximum Gasteiger partial charge on any atom is 0.175 e. The standard InChI is InChI=1S/C15H23NO2S/c1-19(17,18)15-10-7-13(8-11-15)6-9-14-5-3-2-4-12-16-14/h7-8,10-11,14,16H,2-6,9,12H2,1H3. The number of rotatable bonds is 4. The van der Waals surface area contributed by atoms with Crippen LogP contribution in [0.3, 0.4) is 0 Å². The van der Waals surface area contributed by atoms with E-state index in [0.717, 1.165) is 19.4 Å². The molecule has 1 aromatic rings. The molecule has 1 saturated heterocycles. The minimum Gasteiger partial charge on any atom is -0.314 e. The number of nitrogens with one attached hydrogen (secondary N) is 1. The van der Waals surface area contributed by atoms with Gasteiger partial charge in [-0.05, 0) is 49.9 Å².